The van der Waals surface area contributed by atoms with E-state index in [9.17, 15) is 13.2 Å². The number of likely N-dealkylation sites (N-methyl/N-ethyl adjacent to an activating group) is 1. The average molecular weight is 456 g/mol. The van der Waals surface area contributed by atoms with Crippen molar-refractivity contribution in [1.29, 1.82) is 5.26 Å². The van der Waals surface area contributed by atoms with Gasteiger partial charge in [0.15, 0.2) is 0 Å². The van der Waals surface area contributed by atoms with E-state index in [-0.39, 0.29) is 16.7 Å². The van der Waals surface area contributed by atoms with Gasteiger partial charge in [-0.1, -0.05) is 6.07 Å². The van der Waals surface area contributed by atoms with Gasteiger partial charge in [-0.2, -0.15) is 9.57 Å². The largest absolute Gasteiger partial charge is 0.492 e. The molecule has 3 rings (SSSR count). The molecule has 1 aliphatic heterocycles. The van der Waals surface area contributed by atoms with Crippen LogP contribution < -0.4 is 4.74 Å². The third-order valence-electron chi connectivity index (χ3n) is 5.69. The minimum atomic E-state index is -3.63. The first-order chi connectivity index (χ1) is 15.2. The Kier molecular flexibility index (Phi) is 7.54. The van der Waals surface area contributed by atoms with Crippen molar-refractivity contribution in [2.45, 2.75) is 31.6 Å². The van der Waals surface area contributed by atoms with Crippen LogP contribution in [0.2, 0.25) is 0 Å². The highest BCUT2D eigenvalue weighted by Gasteiger charge is 2.33. The first-order valence-corrected chi connectivity index (χ1v) is 12.1. The first-order valence-electron chi connectivity index (χ1n) is 10.7. The fourth-order valence-corrected chi connectivity index (χ4v) is 5.40. The van der Waals surface area contributed by atoms with Gasteiger partial charge in [-0.3, -0.25) is 4.79 Å². The summed E-state index contributed by atoms with van der Waals surface area (Å²) < 4.78 is 32.9. The summed E-state index contributed by atoms with van der Waals surface area (Å²) in [5.74, 6) is 0.614. The third-order valence-corrected chi connectivity index (χ3v) is 7.60. The van der Waals surface area contributed by atoms with Gasteiger partial charge in [0, 0.05) is 26.1 Å². The van der Waals surface area contributed by atoms with Crippen LogP contribution in [-0.4, -0.2) is 56.8 Å². The Labute approximate surface area is 190 Å². The normalized spacial score (nSPS) is 15.2. The van der Waals surface area contributed by atoms with Gasteiger partial charge in [-0.15, -0.1) is 0 Å². The molecule has 0 aromatic heterocycles. The molecule has 0 atom stereocenters. The highest BCUT2D eigenvalue weighted by atomic mass is 32.2. The van der Waals surface area contributed by atoms with Gasteiger partial charge in [0.1, 0.15) is 12.4 Å². The molecule has 1 aliphatic rings. The molecule has 0 unspecified atom stereocenters. The van der Waals surface area contributed by atoms with Gasteiger partial charge in [-0.05, 0) is 74.2 Å². The Hall–Kier alpha value is -2.89. The summed E-state index contributed by atoms with van der Waals surface area (Å²) in [5, 5.41) is 8.89. The SMILES string of the molecule is Cc1cc(C)cc(OCCN(C)C(=O)C2CCN(S(=O)(=O)c3ccc(C#N)cc3)CC2)c1. The van der Waals surface area contributed by atoms with E-state index in [0.29, 0.717) is 44.6 Å². The predicted octanol–water partition coefficient (Wildman–Crippen LogP) is 3.11. The minimum Gasteiger partial charge on any atom is -0.492 e. The molecular formula is C24H29N3O4S. The van der Waals surface area contributed by atoms with Crippen molar-refractivity contribution in [1.82, 2.24) is 9.21 Å². The summed E-state index contributed by atoms with van der Waals surface area (Å²) in [7, 11) is -1.87. The number of piperidine rings is 1. The second kappa shape index (κ2) is 10.2. The molecule has 0 radical (unpaired) electrons. The molecule has 1 saturated heterocycles. The Bertz CT molecular complexity index is 1080. The fraction of sp³-hybridized carbons (Fsp3) is 0.417. The van der Waals surface area contributed by atoms with Crippen LogP contribution in [0.3, 0.4) is 0 Å². The molecule has 0 aliphatic carbocycles. The topological polar surface area (TPSA) is 90.7 Å². The number of ether oxygens (including phenoxy) is 1. The molecule has 32 heavy (non-hydrogen) atoms. The number of benzene rings is 2. The van der Waals surface area contributed by atoms with Crippen molar-refractivity contribution in [3.8, 4) is 11.8 Å². The van der Waals surface area contributed by atoms with Crippen molar-refractivity contribution in [3.05, 3.63) is 59.2 Å². The number of nitriles is 1. The lowest BCUT2D eigenvalue weighted by Crippen LogP contribution is -2.44. The summed E-state index contributed by atoms with van der Waals surface area (Å²) >= 11 is 0. The Morgan fingerprint density at radius 2 is 1.72 bits per heavy atom. The average Bonchev–Trinajstić information content (AvgIpc) is 2.78. The monoisotopic (exact) mass is 455 g/mol. The molecule has 0 spiro atoms. The molecule has 1 heterocycles. The zero-order valence-electron chi connectivity index (χ0n) is 18.7. The molecule has 7 nitrogen and oxygen atoms in total. The number of carbonyl (C=O) groups excluding carboxylic acids is 1. The first kappa shape index (κ1) is 23.8. The number of sulfonamides is 1. The van der Waals surface area contributed by atoms with Gasteiger partial charge in [0.25, 0.3) is 0 Å². The maximum Gasteiger partial charge on any atom is 0.243 e. The summed E-state index contributed by atoms with van der Waals surface area (Å²) in [6.45, 7) is 5.50. The van der Waals surface area contributed by atoms with Gasteiger partial charge in [0.05, 0.1) is 23.1 Å². The van der Waals surface area contributed by atoms with Crippen molar-refractivity contribution in [3.63, 3.8) is 0 Å². The molecule has 0 N–H and O–H groups in total. The van der Waals surface area contributed by atoms with Crippen LogP contribution in [0.25, 0.3) is 0 Å². The zero-order valence-corrected chi connectivity index (χ0v) is 19.6. The van der Waals surface area contributed by atoms with E-state index in [1.54, 1.807) is 11.9 Å². The van der Waals surface area contributed by atoms with Crippen molar-refractivity contribution >= 4 is 15.9 Å². The van der Waals surface area contributed by atoms with Crippen molar-refractivity contribution in [2.24, 2.45) is 5.92 Å². The summed E-state index contributed by atoms with van der Waals surface area (Å²) in [6, 6.07) is 13.9. The second-order valence-corrected chi connectivity index (χ2v) is 10.2. The van der Waals surface area contributed by atoms with E-state index >= 15 is 0 Å². The van der Waals surface area contributed by atoms with Gasteiger partial charge < -0.3 is 9.64 Å². The van der Waals surface area contributed by atoms with Crippen LogP contribution >= 0.6 is 0 Å². The van der Waals surface area contributed by atoms with E-state index < -0.39 is 10.0 Å². The van der Waals surface area contributed by atoms with Gasteiger partial charge in [-0.25, -0.2) is 8.42 Å². The Morgan fingerprint density at radius 1 is 1.12 bits per heavy atom. The van der Waals surface area contributed by atoms with Crippen molar-refractivity contribution in [2.75, 3.05) is 33.3 Å². The van der Waals surface area contributed by atoms with Crippen LogP contribution in [0.15, 0.2) is 47.4 Å². The number of aryl methyl sites for hydroxylation is 2. The highest BCUT2D eigenvalue weighted by Crippen LogP contribution is 2.25. The van der Waals surface area contributed by atoms with E-state index in [1.807, 2.05) is 32.0 Å². The number of amides is 1. The lowest BCUT2D eigenvalue weighted by atomic mass is 9.97. The van der Waals surface area contributed by atoms with E-state index in [1.165, 1.54) is 28.6 Å². The zero-order chi connectivity index (χ0) is 23.3. The summed E-state index contributed by atoms with van der Waals surface area (Å²) in [5.41, 5.74) is 2.68. The molecule has 0 bridgehead atoms. The molecule has 1 amide bonds. The number of hydrogen-bond acceptors (Lipinski definition) is 5. The lowest BCUT2D eigenvalue weighted by molar-refractivity contribution is -0.135. The maximum absolute atomic E-state index is 12.9. The lowest BCUT2D eigenvalue weighted by Gasteiger charge is -2.32. The van der Waals surface area contributed by atoms with Gasteiger partial charge in [0.2, 0.25) is 15.9 Å². The second-order valence-electron chi connectivity index (χ2n) is 8.25. The molecule has 170 valence electrons. The minimum absolute atomic E-state index is 0.0180. The smallest absolute Gasteiger partial charge is 0.243 e. The maximum atomic E-state index is 12.9. The van der Waals surface area contributed by atoms with Gasteiger partial charge >= 0.3 is 0 Å². The number of hydrogen-bond donors (Lipinski definition) is 0. The summed E-state index contributed by atoms with van der Waals surface area (Å²) in [4.78, 5) is 14.7. The van der Waals surface area contributed by atoms with Crippen LogP contribution in [0.4, 0.5) is 0 Å². The van der Waals surface area contributed by atoms with Crippen LogP contribution in [0.1, 0.15) is 29.5 Å². The van der Waals surface area contributed by atoms with E-state index in [4.69, 9.17) is 10.00 Å². The molecule has 2 aromatic rings. The quantitative estimate of drug-likeness (QED) is 0.640. The molecule has 2 aromatic carbocycles. The third kappa shape index (κ3) is 5.67. The van der Waals surface area contributed by atoms with Crippen LogP contribution in [0.5, 0.6) is 5.75 Å². The molecular weight excluding hydrogens is 426 g/mol. The fourth-order valence-electron chi connectivity index (χ4n) is 3.93. The van der Waals surface area contributed by atoms with Crippen LogP contribution in [-0.2, 0) is 14.8 Å². The number of nitrogens with zero attached hydrogens (tertiary/aromatic N) is 3. The highest BCUT2D eigenvalue weighted by molar-refractivity contribution is 7.89. The molecule has 8 heteroatoms. The summed E-state index contributed by atoms with van der Waals surface area (Å²) in [6.07, 6.45) is 0.966. The van der Waals surface area contributed by atoms with Crippen LogP contribution in [0, 0.1) is 31.1 Å². The predicted molar refractivity (Wildman–Crippen MR) is 122 cm³/mol. The number of rotatable bonds is 7. The standard InChI is InChI=1S/C24H29N3O4S/c1-18-14-19(2)16-22(15-18)31-13-12-26(3)24(28)21-8-10-27(11-9-21)32(29,30)23-6-4-20(17-25)5-7-23/h4-7,14-16,21H,8-13H2,1-3H3. The number of carbonyl (C=O) groups is 1. The van der Waals surface area contributed by atoms with E-state index in [0.717, 1.165) is 16.9 Å². The molecule has 0 saturated carbocycles. The van der Waals surface area contributed by atoms with Crippen molar-refractivity contribution < 1.29 is 17.9 Å². The molecule has 1 fully saturated rings. The van der Waals surface area contributed by atoms with E-state index in [2.05, 4.69) is 6.07 Å². The Morgan fingerprint density at radius 3 is 2.28 bits per heavy atom. The Balaban J connectivity index is 1.50.